The zero-order valence-electron chi connectivity index (χ0n) is 10.4. The van der Waals surface area contributed by atoms with Gasteiger partial charge < -0.3 is 10.2 Å². The summed E-state index contributed by atoms with van der Waals surface area (Å²) in [4.78, 5) is 13.5. The second-order valence-electron chi connectivity index (χ2n) is 4.47. The van der Waals surface area contributed by atoms with Gasteiger partial charge in [-0.1, -0.05) is 6.07 Å². The maximum absolute atomic E-state index is 13.4. The van der Waals surface area contributed by atoms with Gasteiger partial charge in [0.15, 0.2) is 17.5 Å². The average molecular weight is 272 g/mol. The van der Waals surface area contributed by atoms with Gasteiger partial charge in [-0.25, -0.2) is 13.2 Å². The van der Waals surface area contributed by atoms with E-state index in [2.05, 4.69) is 5.32 Å². The lowest BCUT2D eigenvalue weighted by molar-refractivity contribution is -0.131. The monoisotopic (exact) mass is 272 g/mol. The first kappa shape index (κ1) is 13.9. The first-order valence-corrected chi connectivity index (χ1v) is 6.20. The highest BCUT2D eigenvalue weighted by Gasteiger charge is 2.18. The second-order valence-corrected chi connectivity index (χ2v) is 4.47. The van der Waals surface area contributed by atoms with Gasteiger partial charge in [0.05, 0.1) is 0 Å². The Morgan fingerprint density at radius 1 is 1.16 bits per heavy atom. The molecule has 19 heavy (non-hydrogen) atoms. The lowest BCUT2D eigenvalue weighted by Crippen LogP contribution is -2.46. The molecule has 1 heterocycles. The molecule has 0 unspecified atom stereocenters. The number of piperazine rings is 1. The van der Waals surface area contributed by atoms with Gasteiger partial charge in [0.25, 0.3) is 0 Å². The molecule has 1 aromatic carbocycles. The third-order valence-electron chi connectivity index (χ3n) is 3.19. The number of rotatable bonds is 3. The molecular weight excluding hydrogens is 257 g/mol. The smallest absolute Gasteiger partial charge is 0.222 e. The van der Waals surface area contributed by atoms with E-state index in [4.69, 9.17) is 0 Å². The van der Waals surface area contributed by atoms with Crippen LogP contribution in [0.2, 0.25) is 0 Å². The van der Waals surface area contributed by atoms with Gasteiger partial charge >= 0.3 is 0 Å². The minimum absolute atomic E-state index is 0.0300. The highest BCUT2D eigenvalue weighted by Crippen LogP contribution is 2.17. The van der Waals surface area contributed by atoms with Crippen molar-refractivity contribution in [3.8, 4) is 0 Å². The molecule has 0 atom stereocenters. The fourth-order valence-corrected chi connectivity index (χ4v) is 2.07. The third-order valence-corrected chi connectivity index (χ3v) is 3.19. The lowest BCUT2D eigenvalue weighted by Gasteiger charge is -2.27. The van der Waals surface area contributed by atoms with Crippen LogP contribution in [0.25, 0.3) is 0 Å². The van der Waals surface area contributed by atoms with Crippen molar-refractivity contribution in [2.75, 3.05) is 26.2 Å². The van der Waals surface area contributed by atoms with E-state index in [1.807, 2.05) is 0 Å². The summed E-state index contributed by atoms with van der Waals surface area (Å²) in [5.41, 5.74) is 0.0300. The first-order chi connectivity index (χ1) is 9.09. The Balaban J connectivity index is 1.95. The summed E-state index contributed by atoms with van der Waals surface area (Å²) < 4.78 is 39.2. The van der Waals surface area contributed by atoms with Crippen molar-refractivity contribution in [1.29, 1.82) is 0 Å². The Kier molecular flexibility index (Phi) is 4.42. The van der Waals surface area contributed by atoms with Crippen LogP contribution in [0.4, 0.5) is 13.2 Å². The summed E-state index contributed by atoms with van der Waals surface area (Å²) in [5.74, 6) is -3.99. The molecule has 6 heteroatoms. The standard InChI is InChI=1S/C13H15F3N2O/c14-10-3-1-9(12(15)13(10)16)2-4-11(19)18-7-5-17-6-8-18/h1,3,17H,2,4-8H2. The van der Waals surface area contributed by atoms with E-state index in [1.54, 1.807) is 4.90 Å². The number of hydrogen-bond donors (Lipinski definition) is 1. The van der Waals surface area contributed by atoms with Crippen molar-refractivity contribution in [2.45, 2.75) is 12.8 Å². The summed E-state index contributed by atoms with van der Waals surface area (Å²) in [6.07, 6.45) is 0.174. The van der Waals surface area contributed by atoms with Crippen molar-refractivity contribution >= 4 is 5.91 Å². The molecule has 0 spiro atoms. The van der Waals surface area contributed by atoms with Crippen molar-refractivity contribution in [2.24, 2.45) is 0 Å². The molecule has 0 saturated carbocycles. The fraction of sp³-hybridized carbons (Fsp3) is 0.462. The zero-order valence-corrected chi connectivity index (χ0v) is 10.4. The number of benzene rings is 1. The molecular formula is C13H15F3N2O. The van der Waals surface area contributed by atoms with Crippen molar-refractivity contribution in [1.82, 2.24) is 10.2 Å². The van der Waals surface area contributed by atoms with Gasteiger partial charge in [0.2, 0.25) is 5.91 Å². The second kappa shape index (κ2) is 6.06. The van der Waals surface area contributed by atoms with Crippen LogP contribution < -0.4 is 5.32 Å². The Hall–Kier alpha value is -1.56. The predicted octanol–water partition coefficient (Wildman–Crippen LogP) is 1.47. The van der Waals surface area contributed by atoms with Crippen molar-refractivity contribution in [3.05, 3.63) is 35.1 Å². The van der Waals surface area contributed by atoms with Crippen molar-refractivity contribution < 1.29 is 18.0 Å². The van der Waals surface area contributed by atoms with Crippen LogP contribution in [0.3, 0.4) is 0 Å². The Morgan fingerprint density at radius 2 is 1.84 bits per heavy atom. The predicted molar refractivity (Wildman–Crippen MR) is 64.1 cm³/mol. The molecule has 3 nitrogen and oxygen atoms in total. The number of hydrogen-bond acceptors (Lipinski definition) is 2. The number of aryl methyl sites for hydroxylation is 1. The summed E-state index contributed by atoms with van der Waals surface area (Å²) in [5, 5.41) is 3.12. The maximum atomic E-state index is 13.4. The molecule has 1 fully saturated rings. The molecule has 2 rings (SSSR count). The molecule has 1 aliphatic heterocycles. The normalized spacial score (nSPS) is 15.6. The molecule has 104 valence electrons. The number of nitrogens with zero attached hydrogens (tertiary/aromatic N) is 1. The van der Waals surface area contributed by atoms with Crippen LogP contribution in [0.15, 0.2) is 12.1 Å². The molecule has 0 bridgehead atoms. The summed E-state index contributed by atoms with van der Waals surface area (Å²) in [6.45, 7) is 2.73. The number of carbonyl (C=O) groups excluding carboxylic acids is 1. The average Bonchev–Trinajstić information content (AvgIpc) is 2.45. The van der Waals surface area contributed by atoms with Gasteiger partial charge in [-0.15, -0.1) is 0 Å². The molecule has 1 N–H and O–H groups in total. The Bertz CT molecular complexity index is 473. The number of carbonyl (C=O) groups is 1. The summed E-state index contributed by atoms with van der Waals surface area (Å²) in [6, 6.07) is 2.06. The first-order valence-electron chi connectivity index (χ1n) is 6.20. The van der Waals surface area contributed by atoms with Gasteiger partial charge in [0.1, 0.15) is 0 Å². The van der Waals surface area contributed by atoms with E-state index in [-0.39, 0.29) is 24.3 Å². The number of halogens is 3. The van der Waals surface area contributed by atoms with E-state index >= 15 is 0 Å². The van der Waals surface area contributed by atoms with Crippen molar-refractivity contribution in [3.63, 3.8) is 0 Å². The van der Waals surface area contributed by atoms with E-state index in [9.17, 15) is 18.0 Å². The molecule has 0 radical (unpaired) electrons. The number of nitrogens with one attached hydrogen (secondary N) is 1. The van der Waals surface area contributed by atoms with Crippen LogP contribution in [-0.2, 0) is 11.2 Å². The van der Waals surface area contributed by atoms with Crippen LogP contribution in [0.1, 0.15) is 12.0 Å². The van der Waals surface area contributed by atoms with Gasteiger partial charge in [-0.05, 0) is 18.1 Å². The van der Waals surface area contributed by atoms with Crippen LogP contribution in [0, 0.1) is 17.5 Å². The van der Waals surface area contributed by atoms with Gasteiger partial charge in [0, 0.05) is 32.6 Å². The van der Waals surface area contributed by atoms with E-state index in [0.29, 0.717) is 13.1 Å². The Morgan fingerprint density at radius 3 is 2.53 bits per heavy atom. The fourth-order valence-electron chi connectivity index (χ4n) is 2.07. The van der Waals surface area contributed by atoms with Gasteiger partial charge in [-0.2, -0.15) is 0 Å². The largest absolute Gasteiger partial charge is 0.340 e. The Labute approximate surface area is 109 Å². The van der Waals surface area contributed by atoms with E-state index in [0.717, 1.165) is 19.2 Å². The molecule has 1 saturated heterocycles. The minimum Gasteiger partial charge on any atom is -0.340 e. The SMILES string of the molecule is O=C(CCc1ccc(F)c(F)c1F)N1CCNCC1. The molecule has 1 aromatic rings. The molecule has 1 aliphatic rings. The molecule has 0 aliphatic carbocycles. The zero-order chi connectivity index (χ0) is 13.8. The summed E-state index contributed by atoms with van der Waals surface area (Å²) in [7, 11) is 0. The minimum atomic E-state index is -1.48. The highest BCUT2D eigenvalue weighted by atomic mass is 19.2. The quantitative estimate of drug-likeness (QED) is 0.845. The van der Waals surface area contributed by atoms with Gasteiger partial charge in [-0.3, -0.25) is 4.79 Å². The molecule has 0 aromatic heterocycles. The van der Waals surface area contributed by atoms with E-state index in [1.165, 1.54) is 6.07 Å². The van der Waals surface area contributed by atoms with Crippen LogP contribution in [-0.4, -0.2) is 37.0 Å². The highest BCUT2D eigenvalue weighted by molar-refractivity contribution is 5.76. The topological polar surface area (TPSA) is 32.3 Å². The lowest BCUT2D eigenvalue weighted by atomic mass is 10.1. The molecule has 1 amide bonds. The maximum Gasteiger partial charge on any atom is 0.222 e. The van der Waals surface area contributed by atoms with Crippen LogP contribution >= 0.6 is 0 Å². The third kappa shape index (κ3) is 3.26. The van der Waals surface area contributed by atoms with Crippen LogP contribution in [0.5, 0.6) is 0 Å². The summed E-state index contributed by atoms with van der Waals surface area (Å²) >= 11 is 0. The van der Waals surface area contributed by atoms with E-state index < -0.39 is 17.5 Å². The number of amides is 1.